The monoisotopic (exact) mass is 295 g/mol. The summed E-state index contributed by atoms with van der Waals surface area (Å²) in [6.07, 6.45) is 3.24. The van der Waals surface area contributed by atoms with Gasteiger partial charge in [0.25, 0.3) is 0 Å². The molecular weight excluding hydrogens is 278 g/mol. The van der Waals surface area contributed by atoms with Crippen molar-refractivity contribution in [3.8, 4) is 5.75 Å². The number of urea groups is 1. The summed E-state index contributed by atoms with van der Waals surface area (Å²) in [6, 6.07) is 16.1. The highest BCUT2D eigenvalue weighted by Crippen LogP contribution is 2.10. The van der Waals surface area contributed by atoms with Crippen LogP contribution in [0.25, 0.3) is 0 Å². The molecule has 0 unspecified atom stereocenters. The van der Waals surface area contributed by atoms with Gasteiger partial charge in [-0.3, -0.25) is 0 Å². The van der Waals surface area contributed by atoms with Gasteiger partial charge in [-0.05, 0) is 42.0 Å². The molecule has 0 aliphatic heterocycles. The number of carbonyl (C=O) groups excluding carboxylic acids is 1. The van der Waals surface area contributed by atoms with Gasteiger partial charge in [0.05, 0.1) is 6.21 Å². The van der Waals surface area contributed by atoms with Crippen LogP contribution in [0.15, 0.2) is 72.4 Å². The number of anilines is 1. The van der Waals surface area contributed by atoms with Gasteiger partial charge in [-0.1, -0.05) is 30.9 Å². The van der Waals surface area contributed by atoms with E-state index in [9.17, 15) is 4.79 Å². The molecule has 5 nitrogen and oxygen atoms in total. The minimum Gasteiger partial charge on any atom is -0.490 e. The minimum atomic E-state index is -0.395. The van der Waals surface area contributed by atoms with Gasteiger partial charge in [0.1, 0.15) is 12.4 Å². The van der Waals surface area contributed by atoms with Gasteiger partial charge in [0, 0.05) is 5.69 Å². The van der Waals surface area contributed by atoms with Crippen molar-refractivity contribution in [1.29, 1.82) is 0 Å². The van der Waals surface area contributed by atoms with Crippen LogP contribution in [0, 0.1) is 0 Å². The molecule has 0 spiro atoms. The van der Waals surface area contributed by atoms with Crippen LogP contribution in [0.5, 0.6) is 5.75 Å². The lowest BCUT2D eigenvalue weighted by Gasteiger charge is -2.04. The zero-order valence-electron chi connectivity index (χ0n) is 12.0. The minimum absolute atomic E-state index is 0.395. The first-order valence-corrected chi connectivity index (χ1v) is 6.77. The molecule has 0 saturated carbocycles. The van der Waals surface area contributed by atoms with Gasteiger partial charge in [-0.25, -0.2) is 10.2 Å². The highest BCUT2D eigenvalue weighted by molar-refractivity contribution is 5.90. The summed E-state index contributed by atoms with van der Waals surface area (Å²) in [5, 5.41) is 6.55. The molecule has 0 aliphatic rings. The van der Waals surface area contributed by atoms with Crippen LogP contribution in [0.3, 0.4) is 0 Å². The zero-order valence-corrected chi connectivity index (χ0v) is 12.0. The summed E-state index contributed by atoms with van der Waals surface area (Å²) in [5.41, 5.74) is 3.96. The highest BCUT2D eigenvalue weighted by Gasteiger charge is 1.98. The number of hydrogen-bond donors (Lipinski definition) is 2. The van der Waals surface area contributed by atoms with E-state index in [1.54, 1.807) is 24.4 Å². The lowest BCUT2D eigenvalue weighted by molar-refractivity contribution is 0.252. The molecule has 0 atom stereocenters. The van der Waals surface area contributed by atoms with E-state index in [1.165, 1.54) is 0 Å². The van der Waals surface area contributed by atoms with Crippen molar-refractivity contribution in [3.63, 3.8) is 0 Å². The third-order valence-corrected chi connectivity index (χ3v) is 2.66. The Balaban J connectivity index is 1.81. The quantitative estimate of drug-likeness (QED) is 0.487. The van der Waals surface area contributed by atoms with Crippen LogP contribution >= 0.6 is 0 Å². The Morgan fingerprint density at radius 3 is 2.55 bits per heavy atom. The van der Waals surface area contributed by atoms with Gasteiger partial charge in [0.15, 0.2) is 0 Å². The van der Waals surface area contributed by atoms with Gasteiger partial charge < -0.3 is 10.1 Å². The maximum atomic E-state index is 11.6. The third-order valence-electron chi connectivity index (χ3n) is 2.66. The number of hydrazone groups is 1. The Hall–Kier alpha value is -3.08. The first kappa shape index (κ1) is 15.3. The number of rotatable bonds is 6. The molecule has 0 aliphatic carbocycles. The van der Waals surface area contributed by atoms with E-state index >= 15 is 0 Å². The van der Waals surface area contributed by atoms with Gasteiger partial charge in [-0.15, -0.1) is 0 Å². The van der Waals surface area contributed by atoms with E-state index in [1.807, 2.05) is 42.5 Å². The Labute approximate surface area is 129 Å². The number of hydrogen-bond acceptors (Lipinski definition) is 3. The second kappa shape index (κ2) is 8.26. The average molecular weight is 295 g/mol. The molecule has 2 aromatic carbocycles. The lowest BCUT2D eigenvalue weighted by Crippen LogP contribution is -2.24. The molecule has 22 heavy (non-hydrogen) atoms. The molecule has 2 N–H and O–H groups in total. The molecule has 0 aromatic heterocycles. The summed E-state index contributed by atoms with van der Waals surface area (Å²) in [4.78, 5) is 11.6. The molecule has 0 radical (unpaired) electrons. The molecule has 0 heterocycles. The van der Waals surface area contributed by atoms with E-state index in [4.69, 9.17) is 4.74 Å². The number of nitrogens with zero attached hydrogens (tertiary/aromatic N) is 1. The Morgan fingerprint density at radius 1 is 1.14 bits per heavy atom. The van der Waals surface area contributed by atoms with Crippen LogP contribution in [0.1, 0.15) is 5.56 Å². The fraction of sp³-hybridized carbons (Fsp3) is 0.0588. The maximum absolute atomic E-state index is 11.6. The number of benzene rings is 2. The van der Waals surface area contributed by atoms with E-state index in [2.05, 4.69) is 22.4 Å². The van der Waals surface area contributed by atoms with Crippen LogP contribution in [0.4, 0.5) is 10.5 Å². The first-order chi connectivity index (χ1) is 10.8. The number of para-hydroxylation sites is 1. The Kier molecular flexibility index (Phi) is 5.75. The number of ether oxygens (including phenoxy) is 1. The summed E-state index contributed by atoms with van der Waals surface area (Å²) in [7, 11) is 0. The molecular formula is C17H17N3O2. The highest BCUT2D eigenvalue weighted by atomic mass is 16.5. The van der Waals surface area contributed by atoms with E-state index in [0.29, 0.717) is 12.3 Å². The normalized spacial score (nSPS) is 10.2. The van der Waals surface area contributed by atoms with E-state index in [0.717, 1.165) is 11.3 Å². The van der Waals surface area contributed by atoms with Crippen molar-refractivity contribution < 1.29 is 9.53 Å². The largest absolute Gasteiger partial charge is 0.490 e. The molecule has 2 amide bonds. The molecule has 0 saturated heterocycles. The number of carbonyl (C=O) groups is 1. The fourth-order valence-electron chi connectivity index (χ4n) is 1.65. The van der Waals surface area contributed by atoms with E-state index in [-0.39, 0.29) is 0 Å². The van der Waals surface area contributed by atoms with Crippen molar-refractivity contribution in [3.05, 3.63) is 72.8 Å². The van der Waals surface area contributed by atoms with Crippen molar-refractivity contribution in [2.24, 2.45) is 5.10 Å². The third kappa shape index (κ3) is 5.13. The predicted octanol–water partition coefficient (Wildman–Crippen LogP) is 3.41. The number of nitrogens with one attached hydrogen (secondary N) is 2. The van der Waals surface area contributed by atoms with Crippen molar-refractivity contribution in [1.82, 2.24) is 5.43 Å². The van der Waals surface area contributed by atoms with Crippen LogP contribution in [-0.2, 0) is 0 Å². The summed E-state index contributed by atoms with van der Waals surface area (Å²) in [5.74, 6) is 0.756. The predicted molar refractivity (Wildman–Crippen MR) is 88.3 cm³/mol. The SMILES string of the molecule is C=CCOc1ccc(/C=N\NC(=O)Nc2ccccc2)cc1. The molecule has 0 fully saturated rings. The van der Waals surface area contributed by atoms with Crippen LogP contribution in [0.2, 0.25) is 0 Å². The molecule has 112 valence electrons. The maximum Gasteiger partial charge on any atom is 0.339 e. The van der Waals surface area contributed by atoms with E-state index < -0.39 is 6.03 Å². The summed E-state index contributed by atoms with van der Waals surface area (Å²) < 4.78 is 5.38. The Bertz CT molecular complexity index is 637. The zero-order chi connectivity index (χ0) is 15.6. The van der Waals surface area contributed by atoms with Crippen LogP contribution < -0.4 is 15.5 Å². The average Bonchev–Trinajstić information content (AvgIpc) is 2.55. The second-order valence-electron chi connectivity index (χ2n) is 4.36. The smallest absolute Gasteiger partial charge is 0.339 e. The van der Waals surface area contributed by atoms with Crippen molar-refractivity contribution >= 4 is 17.9 Å². The van der Waals surface area contributed by atoms with Crippen LogP contribution in [-0.4, -0.2) is 18.9 Å². The van der Waals surface area contributed by atoms with Gasteiger partial charge in [0.2, 0.25) is 0 Å². The fourth-order valence-corrected chi connectivity index (χ4v) is 1.65. The summed E-state index contributed by atoms with van der Waals surface area (Å²) >= 11 is 0. The second-order valence-corrected chi connectivity index (χ2v) is 4.36. The van der Waals surface area contributed by atoms with Gasteiger partial charge >= 0.3 is 6.03 Å². The molecule has 2 rings (SSSR count). The van der Waals surface area contributed by atoms with Crippen molar-refractivity contribution in [2.45, 2.75) is 0 Å². The molecule has 0 bridgehead atoms. The molecule has 5 heteroatoms. The van der Waals surface area contributed by atoms with Crippen molar-refractivity contribution in [2.75, 3.05) is 11.9 Å². The topological polar surface area (TPSA) is 62.7 Å². The lowest BCUT2D eigenvalue weighted by atomic mass is 10.2. The number of amides is 2. The Morgan fingerprint density at radius 2 is 1.86 bits per heavy atom. The molecule has 2 aromatic rings. The van der Waals surface area contributed by atoms with Gasteiger partial charge in [-0.2, -0.15) is 5.10 Å². The standard InChI is InChI=1S/C17H17N3O2/c1-2-12-22-16-10-8-14(9-11-16)13-18-20-17(21)19-15-6-4-3-5-7-15/h2-11,13H,1,12H2,(H2,19,20,21)/b18-13-. The summed E-state index contributed by atoms with van der Waals surface area (Å²) in [6.45, 7) is 4.05. The first-order valence-electron chi connectivity index (χ1n) is 6.77.